The quantitative estimate of drug-likeness (QED) is 0.404. The van der Waals surface area contributed by atoms with Gasteiger partial charge in [0.1, 0.15) is 5.75 Å². The number of thiazole rings is 1. The Morgan fingerprint density at radius 3 is 2.67 bits per heavy atom. The molecule has 1 N–H and O–H groups in total. The molecule has 0 fully saturated rings. The highest BCUT2D eigenvalue weighted by atomic mass is 32.1. The summed E-state index contributed by atoms with van der Waals surface area (Å²) < 4.78 is 13.3. The maximum absolute atomic E-state index is 13.8. The van der Waals surface area contributed by atoms with Crippen LogP contribution in [0.4, 0.5) is 0 Å². The summed E-state index contributed by atoms with van der Waals surface area (Å²) in [7, 11) is 0. The van der Waals surface area contributed by atoms with Crippen molar-refractivity contribution in [1.82, 2.24) is 9.55 Å². The molecular weight excluding hydrogens is 474 g/mol. The number of allylic oxidation sites excluding steroid dienone is 1. The third kappa shape index (κ3) is 4.28. The van der Waals surface area contributed by atoms with E-state index in [1.807, 2.05) is 74.7 Å². The Morgan fingerprint density at radius 1 is 1.19 bits per heavy atom. The van der Waals surface area contributed by atoms with Crippen LogP contribution in [0.25, 0.3) is 17.0 Å². The molecule has 0 amide bonds. The van der Waals surface area contributed by atoms with E-state index < -0.39 is 12.0 Å². The van der Waals surface area contributed by atoms with Gasteiger partial charge in [-0.05, 0) is 57.5 Å². The largest absolute Gasteiger partial charge is 0.491 e. The maximum atomic E-state index is 13.8. The number of hydrogen-bond acceptors (Lipinski definition) is 6. The normalized spacial score (nSPS) is 15.8. The Kier molecular flexibility index (Phi) is 6.36. The van der Waals surface area contributed by atoms with Crippen LogP contribution in [0.1, 0.15) is 44.9 Å². The predicted molar refractivity (Wildman–Crippen MR) is 141 cm³/mol. The van der Waals surface area contributed by atoms with Crippen molar-refractivity contribution in [2.45, 2.75) is 39.8 Å². The van der Waals surface area contributed by atoms with E-state index in [1.165, 1.54) is 11.3 Å². The third-order valence-corrected chi connectivity index (χ3v) is 6.98. The van der Waals surface area contributed by atoms with Crippen molar-refractivity contribution in [3.63, 3.8) is 0 Å². The lowest BCUT2D eigenvalue weighted by molar-refractivity contribution is -0.139. The Balaban J connectivity index is 1.68. The molecule has 0 saturated heterocycles. The highest BCUT2D eigenvalue weighted by molar-refractivity contribution is 7.07. The molecule has 3 heterocycles. The molecule has 1 unspecified atom stereocenters. The van der Waals surface area contributed by atoms with Crippen LogP contribution in [-0.4, -0.2) is 28.2 Å². The second-order valence-corrected chi connectivity index (χ2v) is 9.84. The van der Waals surface area contributed by atoms with E-state index in [0.29, 0.717) is 20.6 Å². The minimum atomic E-state index is -0.654. The van der Waals surface area contributed by atoms with Gasteiger partial charge >= 0.3 is 5.97 Å². The number of benzene rings is 2. The molecule has 4 aromatic rings. The molecule has 184 valence electrons. The molecule has 1 atom stereocenters. The predicted octanol–water partition coefficient (Wildman–Crippen LogP) is 4.07. The summed E-state index contributed by atoms with van der Waals surface area (Å²) in [6.45, 7) is 7.70. The average molecular weight is 502 g/mol. The summed E-state index contributed by atoms with van der Waals surface area (Å²) in [4.78, 5) is 35.3. The molecule has 0 saturated carbocycles. The Bertz CT molecular complexity index is 1660. The van der Waals surface area contributed by atoms with Gasteiger partial charge in [-0.25, -0.2) is 9.79 Å². The summed E-state index contributed by atoms with van der Waals surface area (Å²) in [6.07, 6.45) is 3.81. The van der Waals surface area contributed by atoms with E-state index in [9.17, 15) is 9.59 Å². The first kappa shape index (κ1) is 23.8. The van der Waals surface area contributed by atoms with Gasteiger partial charge in [-0.1, -0.05) is 41.7 Å². The highest BCUT2D eigenvalue weighted by Crippen LogP contribution is 2.31. The molecule has 0 spiro atoms. The fourth-order valence-electron chi connectivity index (χ4n) is 4.46. The Morgan fingerprint density at radius 2 is 1.94 bits per heavy atom. The molecule has 1 aliphatic rings. The first-order valence-corrected chi connectivity index (χ1v) is 12.7. The summed E-state index contributed by atoms with van der Waals surface area (Å²) in [5, 5.41) is 1.03. The first-order chi connectivity index (χ1) is 17.4. The van der Waals surface area contributed by atoms with E-state index in [0.717, 1.165) is 27.8 Å². The van der Waals surface area contributed by atoms with Gasteiger partial charge in [0.25, 0.3) is 5.56 Å². The molecule has 7 nitrogen and oxygen atoms in total. The number of esters is 1. The second-order valence-electron chi connectivity index (χ2n) is 8.83. The topological polar surface area (TPSA) is 85.7 Å². The van der Waals surface area contributed by atoms with Gasteiger partial charge in [0.05, 0.1) is 34.6 Å². The molecule has 8 heteroatoms. The van der Waals surface area contributed by atoms with Crippen LogP contribution >= 0.6 is 11.3 Å². The molecule has 2 aromatic heterocycles. The van der Waals surface area contributed by atoms with Crippen molar-refractivity contribution in [2.24, 2.45) is 4.99 Å². The third-order valence-electron chi connectivity index (χ3n) is 5.99. The van der Waals surface area contributed by atoms with Crippen LogP contribution in [0, 0.1) is 0 Å². The number of para-hydroxylation sites is 1. The standard InChI is InChI=1S/C28H27N3O4S/c1-5-34-27(33)24-17(4)30-28-31(25(24)18-10-12-20(13-11-18)35-16(2)3)26(32)23(36-28)14-19-15-29-22-9-7-6-8-21(19)22/h6-16,25,29H,5H2,1-4H3/b23-14-. The van der Waals surface area contributed by atoms with Crippen molar-refractivity contribution in [1.29, 1.82) is 0 Å². The molecule has 36 heavy (non-hydrogen) atoms. The van der Waals surface area contributed by atoms with Crippen molar-refractivity contribution >= 4 is 34.3 Å². The highest BCUT2D eigenvalue weighted by Gasteiger charge is 2.33. The van der Waals surface area contributed by atoms with Crippen molar-refractivity contribution in [3.05, 3.63) is 96.8 Å². The fourth-order valence-corrected chi connectivity index (χ4v) is 5.50. The molecule has 1 aliphatic heterocycles. The number of rotatable bonds is 6. The van der Waals surface area contributed by atoms with E-state index in [2.05, 4.69) is 9.98 Å². The number of carbonyl (C=O) groups excluding carboxylic acids is 1. The van der Waals surface area contributed by atoms with Gasteiger partial charge in [0.15, 0.2) is 4.80 Å². The summed E-state index contributed by atoms with van der Waals surface area (Å²) in [5.41, 5.74) is 3.40. The number of aromatic amines is 1. The van der Waals surface area contributed by atoms with Gasteiger partial charge in [0, 0.05) is 22.7 Å². The number of hydrogen-bond donors (Lipinski definition) is 1. The van der Waals surface area contributed by atoms with E-state index >= 15 is 0 Å². The minimum Gasteiger partial charge on any atom is -0.491 e. The summed E-state index contributed by atoms with van der Waals surface area (Å²) in [5.74, 6) is 0.246. The van der Waals surface area contributed by atoms with E-state index in [1.54, 1.807) is 18.4 Å². The number of nitrogens with one attached hydrogen (secondary N) is 1. The van der Waals surface area contributed by atoms with Crippen LogP contribution in [0.5, 0.6) is 5.75 Å². The molecule has 2 aromatic carbocycles. The van der Waals surface area contributed by atoms with Crippen LogP contribution in [0.2, 0.25) is 0 Å². The van der Waals surface area contributed by atoms with Crippen molar-refractivity contribution in [3.8, 4) is 5.75 Å². The lowest BCUT2D eigenvalue weighted by Crippen LogP contribution is -2.39. The van der Waals surface area contributed by atoms with Gasteiger partial charge < -0.3 is 14.5 Å². The van der Waals surface area contributed by atoms with E-state index in [4.69, 9.17) is 9.47 Å². The number of H-pyrrole nitrogens is 1. The van der Waals surface area contributed by atoms with Crippen LogP contribution < -0.4 is 19.6 Å². The maximum Gasteiger partial charge on any atom is 0.338 e. The van der Waals surface area contributed by atoms with E-state index in [-0.39, 0.29) is 18.3 Å². The monoisotopic (exact) mass is 501 g/mol. The van der Waals surface area contributed by atoms with Crippen molar-refractivity contribution in [2.75, 3.05) is 6.61 Å². The zero-order valence-corrected chi connectivity index (χ0v) is 21.4. The number of carbonyl (C=O) groups is 1. The van der Waals surface area contributed by atoms with Crippen molar-refractivity contribution < 1.29 is 14.3 Å². The Labute approximate surface area is 212 Å². The Hall–Kier alpha value is -3.91. The van der Waals surface area contributed by atoms with Crippen LogP contribution in [0.3, 0.4) is 0 Å². The smallest absolute Gasteiger partial charge is 0.338 e. The van der Waals surface area contributed by atoms with Crippen LogP contribution in [0.15, 0.2) is 75.8 Å². The number of ether oxygens (including phenoxy) is 2. The second kappa shape index (κ2) is 9.62. The lowest BCUT2D eigenvalue weighted by Gasteiger charge is -2.25. The van der Waals surface area contributed by atoms with Gasteiger partial charge in [-0.15, -0.1) is 0 Å². The number of aromatic nitrogens is 2. The van der Waals surface area contributed by atoms with Crippen LogP contribution in [-0.2, 0) is 9.53 Å². The molecule has 5 rings (SSSR count). The molecule has 0 radical (unpaired) electrons. The molecule has 0 bridgehead atoms. The summed E-state index contributed by atoms with van der Waals surface area (Å²) >= 11 is 1.31. The van der Waals surface area contributed by atoms with Gasteiger partial charge in [-0.2, -0.15) is 0 Å². The minimum absolute atomic E-state index is 0.0373. The number of fused-ring (bicyclic) bond motifs is 2. The summed E-state index contributed by atoms with van der Waals surface area (Å²) in [6, 6.07) is 14.8. The first-order valence-electron chi connectivity index (χ1n) is 11.9. The lowest BCUT2D eigenvalue weighted by atomic mass is 9.96. The van der Waals surface area contributed by atoms with Gasteiger partial charge in [-0.3, -0.25) is 9.36 Å². The zero-order valence-electron chi connectivity index (χ0n) is 20.6. The molecule has 0 aliphatic carbocycles. The molecular formula is C28H27N3O4S. The fraction of sp³-hybridized carbons (Fsp3) is 0.250. The average Bonchev–Trinajstić information content (AvgIpc) is 3.39. The SMILES string of the molecule is CCOC(=O)C1=C(C)N=c2s/c(=C\c3c[nH]c4ccccc34)c(=O)n2C1c1ccc(OC(C)C)cc1. The zero-order chi connectivity index (χ0) is 25.4. The number of nitrogens with zero attached hydrogens (tertiary/aromatic N) is 2. The van der Waals surface area contributed by atoms with Gasteiger partial charge in [0.2, 0.25) is 0 Å².